The SMILES string of the molecule is O=C(CN(c1cccc(Cl)c1)S(=O)(=O)c1ccccc1)NCc1cccc(N2CCCC2=O)c1. The lowest BCUT2D eigenvalue weighted by atomic mass is 10.2. The Kier molecular flexibility index (Phi) is 7.19. The molecule has 3 aromatic carbocycles. The molecule has 2 amide bonds. The molecule has 7 nitrogen and oxygen atoms in total. The van der Waals surface area contributed by atoms with Crippen LogP contribution in [0.15, 0.2) is 83.8 Å². The molecule has 1 aliphatic heterocycles. The zero-order valence-corrected chi connectivity index (χ0v) is 19.9. The van der Waals surface area contributed by atoms with Crippen LogP contribution < -0.4 is 14.5 Å². The summed E-state index contributed by atoms with van der Waals surface area (Å²) >= 11 is 6.09. The maximum Gasteiger partial charge on any atom is 0.264 e. The number of nitrogens with one attached hydrogen (secondary N) is 1. The van der Waals surface area contributed by atoms with E-state index in [1.165, 1.54) is 18.2 Å². The summed E-state index contributed by atoms with van der Waals surface area (Å²) < 4.78 is 27.7. The van der Waals surface area contributed by atoms with Gasteiger partial charge in [-0.15, -0.1) is 0 Å². The Morgan fingerprint density at radius 2 is 1.76 bits per heavy atom. The number of anilines is 2. The van der Waals surface area contributed by atoms with E-state index in [9.17, 15) is 18.0 Å². The van der Waals surface area contributed by atoms with Gasteiger partial charge in [0.05, 0.1) is 10.6 Å². The van der Waals surface area contributed by atoms with Gasteiger partial charge >= 0.3 is 0 Å². The highest BCUT2D eigenvalue weighted by Crippen LogP contribution is 2.26. The Hall–Kier alpha value is -3.36. The summed E-state index contributed by atoms with van der Waals surface area (Å²) in [6, 6.07) is 21.7. The Morgan fingerprint density at radius 3 is 2.47 bits per heavy atom. The van der Waals surface area contributed by atoms with Crippen molar-refractivity contribution in [2.45, 2.75) is 24.3 Å². The molecule has 0 aromatic heterocycles. The van der Waals surface area contributed by atoms with E-state index in [2.05, 4.69) is 5.32 Å². The van der Waals surface area contributed by atoms with Gasteiger partial charge in [0.25, 0.3) is 10.0 Å². The van der Waals surface area contributed by atoms with E-state index in [1.807, 2.05) is 24.3 Å². The minimum Gasteiger partial charge on any atom is -0.350 e. The van der Waals surface area contributed by atoms with E-state index in [4.69, 9.17) is 11.6 Å². The first-order valence-corrected chi connectivity index (χ1v) is 12.7. The van der Waals surface area contributed by atoms with Gasteiger partial charge in [-0.25, -0.2) is 8.42 Å². The second-order valence-corrected chi connectivity index (χ2v) is 10.2. The molecule has 176 valence electrons. The van der Waals surface area contributed by atoms with Crippen LogP contribution in [0.3, 0.4) is 0 Å². The number of carbonyl (C=O) groups excluding carboxylic acids is 2. The summed E-state index contributed by atoms with van der Waals surface area (Å²) in [6.07, 6.45) is 1.37. The molecule has 34 heavy (non-hydrogen) atoms. The molecular weight excluding hydrogens is 474 g/mol. The molecule has 3 aromatic rings. The first-order valence-electron chi connectivity index (χ1n) is 10.8. The number of halogens is 1. The lowest BCUT2D eigenvalue weighted by Crippen LogP contribution is -2.40. The van der Waals surface area contributed by atoms with Crippen molar-refractivity contribution in [2.24, 2.45) is 0 Å². The number of hydrogen-bond acceptors (Lipinski definition) is 4. The first kappa shape index (κ1) is 23.8. The lowest BCUT2D eigenvalue weighted by Gasteiger charge is -2.24. The van der Waals surface area contributed by atoms with E-state index >= 15 is 0 Å². The van der Waals surface area contributed by atoms with Crippen molar-refractivity contribution in [1.29, 1.82) is 0 Å². The highest BCUT2D eigenvalue weighted by molar-refractivity contribution is 7.92. The third-order valence-electron chi connectivity index (χ3n) is 5.50. The Bertz CT molecular complexity index is 1300. The maximum absolute atomic E-state index is 13.3. The molecular formula is C25H24ClN3O4S. The summed E-state index contributed by atoms with van der Waals surface area (Å²) in [5.74, 6) is -0.383. The highest BCUT2D eigenvalue weighted by Gasteiger charge is 2.27. The quantitative estimate of drug-likeness (QED) is 0.510. The molecule has 4 rings (SSSR count). The van der Waals surface area contributed by atoms with Crippen molar-refractivity contribution in [2.75, 3.05) is 22.3 Å². The summed E-state index contributed by atoms with van der Waals surface area (Å²) in [6.45, 7) is 0.464. The van der Waals surface area contributed by atoms with Gasteiger partial charge in [-0.3, -0.25) is 13.9 Å². The average Bonchev–Trinajstić information content (AvgIpc) is 3.27. The molecule has 0 bridgehead atoms. The molecule has 0 aliphatic carbocycles. The van der Waals surface area contributed by atoms with E-state index in [0.29, 0.717) is 23.7 Å². The van der Waals surface area contributed by atoms with Gasteiger partial charge in [0.2, 0.25) is 11.8 Å². The maximum atomic E-state index is 13.3. The van der Waals surface area contributed by atoms with Crippen LogP contribution in [0.5, 0.6) is 0 Å². The number of sulfonamides is 1. The first-order chi connectivity index (χ1) is 16.3. The monoisotopic (exact) mass is 497 g/mol. The summed E-state index contributed by atoms with van der Waals surface area (Å²) in [7, 11) is -4.00. The minimum absolute atomic E-state index is 0.0748. The summed E-state index contributed by atoms with van der Waals surface area (Å²) in [5.41, 5.74) is 1.90. The van der Waals surface area contributed by atoms with Gasteiger partial charge < -0.3 is 10.2 Å². The van der Waals surface area contributed by atoms with Crippen molar-refractivity contribution in [3.8, 4) is 0 Å². The second kappa shape index (κ2) is 10.3. The molecule has 1 heterocycles. The van der Waals surface area contributed by atoms with Gasteiger partial charge in [-0.2, -0.15) is 0 Å². The minimum atomic E-state index is -4.00. The van der Waals surface area contributed by atoms with Crippen LogP contribution in [0.2, 0.25) is 5.02 Å². The van der Waals surface area contributed by atoms with E-state index in [0.717, 1.165) is 22.0 Å². The molecule has 1 N–H and O–H groups in total. The number of hydrogen-bond donors (Lipinski definition) is 1. The van der Waals surface area contributed by atoms with Crippen molar-refractivity contribution in [1.82, 2.24) is 5.32 Å². The molecule has 0 unspecified atom stereocenters. The van der Waals surface area contributed by atoms with Gasteiger partial charge in [-0.1, -0.05) is 48.0 Å². The highest BCUT2D eigenvalue weighted by atomic mass is 35.5. The van der Waals surface area contributed by atoms with Gasteiger partial charge in [0, 0.05) is 30.2 Å². The largest absolute Gasteiger partial charge is 0.350 e. The predicted octanol–water partition coefficient (Wildman–Crippen LogP) is 3.98. The van der Waals surface area contributed by atoms with Crippen LogP contribution in [-0.2, 0) is 26.2 Å². The third kappa shape index (κ3) is 5.40. The smallest absolute Gasteiger partial charge is 0.264 e. The van der Waals surface area contributed by atoms with Gasteiger partial charge in [0.15, 0.2) is 0 Å². The predicted molar refractivity (Wildman–Crippen MR) is 132 cm³/mol. The average molecular weight is 498 g/mol. The van der Waals surface area contributed by atoms with E-state index in [1.54, 1.807) is 41.3 Å². The van der Waals surface area contributed by atoms with Crippen molar-refractivity contribution in [3.63, 3.8) is 0 Å². The zero-order chi connectivity index (χ0) is 24.1. The van der Waals surface area contributed by atoms with Crippen LogP contribution in [-0.4, -0.2) is 33.3 Å². The molecule has 0 spiro atoms. The number of amides is 2. The number of nitrogens with zero attached hydrogens (tertiary/aromatic N) is 2. The van der Waals surface area contributed by atoms with Crippen molar-refractivity contribution >= 4 is 44.8 Å². The van der Waals surface area contributed by atoms with Crippen LogP contribution in [0.4, 0.5) is 11.4 Å². The van der Waals surface area contributed by atoms with Crippen LogP contribution in [0.1, 0.15) is 18.4 Å². The normalized spacial score (nSPS) is 13.7. The third-order valence-corrected chi connectivity index (χ3v) is 7.52. The Balaban J connectivity index is 1.51. The molecule has 9 heteroatoms. The number of rotatable bonds is 8. The summed E-state index contributed by atoms with van der Waals surface area (Å²) in [5, 5.41) is 3.15. The van der Waals surface area contributed by atoms with E-state index in [-0.39, 0.29) is 17.3 Å². The second-order valence-electron chi connectivity index (χ2n) is 7.90. The van der Waals surface area contributed by atoms with Gasteiger partial charge in [0.1, 0.15) is 6.54 Å². The van der Waals surface area contributed by atoms with Crippen LogP contribution >= 0.6 is 11.6 Å². The van der Waals surface area contributed by atoms with Crippen molar-refractivity contribution < 1.29 is 18.0 Å². The van der Waals surface area contributed by atoms with Gasteiger partial charge in [-0.05, 0) is 54.4 Å². The number of benzene rings is 3. The molecule has 1 saturated heterocycles. The molecule has 1 fully saturated rings. The zero-order valence-electron chi connectivity index (χ0n) is 18.4. The Labute approximate surface area is 204 Å². The molecule has 0 saturated carbocycles. The van der Waals surface area contributed by atoms with E-state index < -0.39 is 22.5 Å². The fraction of sp³-hybridized carbons (Fsp3) is 0.200. The molecule has 1 aliphatic rings. The molecule has 0 atom stereocenters. The number of carbonyl (C=O) groups is 2. The summed E-state index contributed by atoms with van der Waals surface area (Å²) in [4.78, 5) is 26.7. The lowest BCUT2D eigenvalue weighted by molar-refractivity contribution is -0.120. The standard InChI is InChI=1S/C25H24ClN3O4S/c26-20-8-5-10-22(16-20)29(34(32,33)23-11-2-1-3-12-23)18-24(30)27-17-19-7-4-9-21(15-19)28-14-6-13-25(28)31/h1-5,7-12,15-16H,6,13-14,17-18H2,(H,27,30). The fourth-order valence-corrected chi connectivity index (χ4v) is 5.43. The fourth-order valence-electron chi connectivity index (χ4n) is 3.81. The van der Waals surface area contributed by atoms with Crippen LogP contribution in [0.25, 0.3) is 0 Å². The van der Waals surface area contributed by atoms with Crippen molar-refractivity contribution in [3.05, 3.63) is 89.4 Å². The van der Waals surface area contributed by atoms with Crippen LogP contribution in [0, 0.1) is 0 Å². The Morgan fingerprint density at radius 1 is 1.00 bits per heavy atom. The topological polar surface area (TPSA) is 86.8 Å². The molecule has 0 radical (unpaired) electrons.